The van der Waals surface area contributed by atoms with Crippen molar-refractivity contribution < 1.29 is 9.90 Å². The number of hydrogen-bond acceptors (Lipinski definition) is 2. The van der Waals surface area contributed by atoms with E-state index in [2.05, 4.69) is 52.0 Å². The first-order valence-electron chi connectivity index (χ1n) is 10.6. The molecule has 0 saturated heterocycles. The van der Waals surface area contributed by atoms with E-state index in [1.807, 2.05) is 0 Å². The van der Waals surface area contributed by atoms with Crippen LogP contribution in [0.25, 0.3) is 0 Å². The lowest BCUT2D eigenvalue weighted by atomic mass is 9.66. The Morgan fingerprint density at radius 1 is 1.04 bits per heavy atom. The van der Waals surface area contributed by atoms with Crippen molar-refractivity contribution in [1.82, 2.24) is 0 Å². The van der Waals surface area contributed by atoms with Gasteiger partial charge in [-0.05, 0) is 67.9 Å². The van der Waals surface area contributed by atoms with Crippen molar-refractivity contribution in [2.75, 3.05) is 0 Å². The normalized spacial score (nSPS) is 32.3. The summed E-state index contributed by atoms with van der Waals surface area (Å²) in [5.41, 5.74) is 2.07. The Kier molecular flexibility index (Phi) is 5.36. The summed E-state index contributed by atoms with van der Waals surface area (Å²) >= 11 is 0. The third kappa shape index (κ3) is 3.50. The zero-order valence-electron chi connectivity index (χ0n) is 17.1. The number of aliphatic hydroxyl groups is 1. The lowest BCUT2D eigenvalue weighted by molar-refractivity contribution is -0.132. The molecule has 0 aliphatic heterocycles. The van der Waals surface area contributed by atoms with E-state index >= 15 is 0 Å². The van der Waals surface area contributed by atoms with Gasteiger partial charge in [0.1, 0.15) is 5.78 Å². The van der Waals surface area contributed by atoms with Gasteiger partial charge in [-0.2, -0.15) is 0 Å². The summed E-state index contributed by atoms with van der Waals surface area (Å²) < 4.78 is 0. The van der Waals surface area contributed by atoms with Crippen molar-refractivity contribution in [1.29, 1.82) is 0 Å². The molecule has 26 heavy (non-hydrogen) atoms. The minimum absolute atomic E-state index is 0.0613. The van der Waals surface area contributed by atoms with Gasteiger partial charge >= 0.3 is 0 Å². The van der Waals surface area contributed by atoms with Crippen molar-refractivity contribution in [2.24, 2.45) is 5.41 Å². The third-order valence-electron chi connectivity index (χ3n) is 7.52. The highest BCUT2D eigenvalue weighted by molar-refractivity contribution is 5.93. The van der Waals surface area contributed by atoms with Gasteiger partial charge in [0.15, 0.2) is 0 Å². The van der Waals surface area contributed by atoms with Crippen LogP contribution in [0.1, 0.15) is 103 Å². The van der Waals surface area contributed by atoms with E-state index in [0.717, 1.165) is 44.9 Å². The highest BCUT2D eigenvalue weighted by atomic mass is 16.3. The molecule has 1 spiro atoms. The SMILES string of the molecule is CCCC(C)(C)c1ccc(C2CCC3(CCC(O)(CC)CC3)C2=O)cc1. The first kappa shape index (κ1) is 19.6. The van der Waals surface area contributed by atoms with Gasteiger partial charge in [0.05, 0.1) is 5.60 Å². The zero-order valence-corrected chi connectivity index (χ0v) is 17.1. The summed E-state index contributed by atoms with van der Waals surface area (Å²) in [6.07, 6.45) is 8.44. The van der Waals surface area contributed by atoms with Crippen LogP contribution >= 0.6 is 0 Å². The molecule has 0 amide bonds. The monoisotopic (exact) mass is 356 g/mol. The van der Waals surface area contributed by atoms with Crippen molar-refractivity contribution in [3.63, 3.8) is 0 Å². The van der Waals surface area contributed by atoms with Crippen molar-refractivity contribution >= 4 is 5.78 Å². The third-order valence-corrected chi connectivity index (χ3v) is 7.52. The lowest BCUT2D eigenvalue weighted by Crippen LogP contribution is -2.41. The number of carbonyl (C=O) groups excluding carboxylic acids is 1. The molecule has 0 heterocycles. The van der Waals surface area contributed by atoms with Gasteiger partial charge in [0.25, 0.3) is 0 Å². The first-order valence-corrected chi connectivity index (χ1v) is 10.6. The Balaban J connectivity index is 1.73. The van der Waals surface area contributed by atoms with Crippen molar-refractivity contribution in [3.8, 4) is 0 Å². The topological polar surface area (TPSA) is 37.3 Å². The van der Waals surface area contributed by atoms with Crippen LogP contribution in [0.5, 0.6) is 0 Å². The average molecular weight is 357 g/mol. The number of hydrogen-bond donors (Lipinski definition) is 1. The smallest absolute Gasteiger partial charge is 0.146 e. The summed E-state index contributed by atoms with van der Waals surface area (Å²) in [5, 5.41) is 10.5. The largest absolute Gasteiger partial charge is 0.390 e. The molecule has 1 unspecified atom stereocenters. The molecular formula is C24H36O2. The van der Waals surface area contributed by atoms with Crippen LogP contribution in [-0.2, 0) is 10.2 Å². The molecule has 2 aliphatic carbocycles. The summed E-state index contributed by atoms with van der Waals surface area (Å²) in [5.74, 6) is 0.502. The maximum Gasteiger partial charge on any atom is 0.146 e. The molecule has 1 atom stereocenters. The standard InChI is InChI=1S/C24H36O2/c1-5-12-22(3,4)19-9-7-18(8-10-19)20-11-13-23(21(20)25)14-16-24(26,6-2)17-15-23/h7-10,20,26H,5-6,11-17H2,1-4H3. The Hall–Kier alpha value is -1.15. The Morgan fingerprint density at radius 3 is 2.19 bits per heavy atom. The predicted octanol–water partition coefficient (Wildman–Crippen LogP) is 5.91. The fourth-order valence-corrected chi connectivity index (χ4v) is 5.34. The number of carbonyl (C=O) groups is 1. The molecule has 0 aromatic heterocycles. The second-order valence-corrected chi connectivity index (χ2v) is 9.57. The number of rotatable bonds is 5. The number of Topliss-reactive ketones (excluding diaryl/α,β-unsaturated/α-hetero) is 1. The molecule has 1 N–H and O–H groups in total. The number of benzene rings is 1. The van der Waals surface area contributed by atoms with Gasteiger partial charge in [0, 0.05) is 11.3 Å². The first-order chi connectivity index (χ1) is 12.3. The molecule has 2 fully saturated rings. The zero-order chi connectivity index (χ0) is 19.0. The molecule has 3 rings (SSSR count). The Labute approximate surface area is 159 Å². The van der Waals surface area contributed by atoms with E-state index < -0.39 is 5.60 Å². The van der Waals surface area contributed by atoms with Crippen LogP contribution in [0.2, 0.25) is 0 Å². The van der Waals surface area contributed by atoms with Gasteiger partial charge < -0.3 is 5.11 Å². The van der Waals surface area contributed by atoms with Gasteiger partial charge in [-0.3, -0.25) is 4.79 Å². The quantitative estimate of drug-likeness (QED) is 0.712. The van der Waals surface area contributed by atoms with Crippen LogP contribution < -0.4 is 0 Å². The van der Waals surface area contributed by atoms with E-state index in [-0.39, 0.29) is 16.7 Å². The maximum absolute atomic E-state index is 13.3. The van der Waals surface area contributed by atoms with Gasteiger partial charge in [0.2, 0.25) is 0 Å². The van der Waals surface area contributed by atoms with Crippen LogP contribution in [0.4, 0.5) is 0 Å². The predicted molar refractivity (Wildman–Crippen MR) is 107 cm³/mol. The Bertz CT molecular complexity index is 633. The second kappa shape index (κ2) is 7.11. The molecular weight excluding hydrogens is 320 g/mol. The van der Waals surface area contributed by atoms with Crippen LogP contribution in [0.15, 0.2) is 24.3 Å². The van der Waals surface area contributed by atoms with Crippen LogP contribution in [-0.4, -0.2) is 16.5 Å². The van der Waals surface area contributed by atoms with Crippen molar-refractivity contribution in [3.05, 3.63) is 35.4 Å². The van der Waals surface area contributed by atoms with Gasteiger partial charge in [-0.15, -0.1) is 0 Å². The highest BCUT2D eigenvalue weighted by Gasteiger charge is 2.51. The molecule has 2 nitrogen and oxygen atoms in total. The van der Waals surface area contributed by atoms with Crippen molar-refractivity contribution in [2.45, 2.75) is 102 Å². The molecule has 0 radical (unpaired) electrons. The fraction of sp³-hybridized carbons (Fsp3) is 0.708. The van der Waals surface area contributed by atoms with Crippen LogP contribution in [0, 0.1) is 5.41 Å². The molecule has 2 saturated carbocycles. The minimum Gasteiger partial charge on any atom is -0.390 e. The van der Waals surface area contributed by atoms with Gasteiger partial charge in [-0.25, -0.2) is 0 Å². The van der Waals surface area contributed by atoms with E-state index in [1.54, 1.807) is 0 Å². The molecule has 0 bridgehead atoms. The molecule has 2 heteroatoms. The lowest BCUT2D eigenvalue weighted by Gasteiger charge is -2.41. The van der Waals surface area contributed by atoms with E-state index in [1.165, 1.54) is 24.0 Å². The van der Waals surface area contributed by atoms with Gasteiger partial charge in [-0.1, -0.05) is 58.4 Å². The molecule has 1 aromatic rings. The van der Waals surface area contributed by atoms with E-state index in [4.69, 9.17) is 0 Å². The molecule has 2 aliphatic rings. The summed E-state index contributed by atoms with van der Waals surface area (Å²) in [6.45, 7) is 8.89. The van der Waals surface area contributed by atoms with E-state index in [0.29, 0.717) is 5.78 Å². The van der Waals surface area contributed by atoms with Crippen LogP contribution in [0.3, 0.4) is 0 Å². The summed E-state index contributed by atoms with van der Waals surface area (Å²) in [7, 11) is 0. The average Bonchev–Trinajstić information content (AvgIpc) is 2.95. The van der Waals surface area contributed by atoms with E-state index in [9.17, 15) is 9.90 Å². The fourth-order valence-electron chi connectivity index (χ4n) is 5.34. The summed E-state index contributed by atoms with van der Waals surface area (Å²) in [6, 6.07) is 8.86. The summed E-state index contributed by atoms with van der Waals surface area (Å²) in [4.78, 5) is 13.3. The highest BCUT2D eigenvalue weighted by Crippen LogP contribution is 2.53. The Morgan fingerprint density at radius 2 is 1.65 bits per heavy atom. The number of ketones is 1. The minimum atomic E-state index is -0.532. The molecule has 1 aromatic carbocycles. The maximum atomic E-state index is 13.3. The second-order valence-electron chi connectivity index (χ2n) is 9.57. The molecule has 144 valence electrons.